The summed E-state index contributed by atoms with van der Waals surface area (Å²) in [6.07, 6.45) is 3.60. The van der Waals surface area contributed by atoms with Gasteiger partial charge in [0.1, 0.15) is 5.75 Å². The lowest BCUT2D eigenvalue weighted by molar-refractivity contribution is 0.0955. The first-order valence-corrected chi connectivity index (χ1v) is 9.73. The van der Waals surface area contributed by atoms with E-state index in [2.05, 4.69) is 21.2 Å². The average Bonchev–Trinajstić information content (AvgIpc) is 3.17. The van der Waals surface area contributed by atoms with Crippen molar-refractivity contribution in [3.63, 3.8) is 0 Å². The molecule has 6 nitrogen and oxygen atoms in total. The number of methoxy groups -OCH3 is 1. The molecule has 31 heavy (non-hydrogen) atoms. The second kappa shape index (κ2) is 8.97. The lowest BCUT2D eigenvalue weighted by Gasteiger charge is -2.07. The molecule has 0 fully saturated rings. The molecular formula is C25H20N4O2. The van der Waals surface area contributed by atoms with Crippen LogP contribution < -0.4 is 10.2 Å². The Morgan fingerprint density at radius 1 is 1.13 bits per heavy atom. The topological polar surface area (TPSA) is 79.4 Å². The van der Waals surface area contributed by atoms with Crippen molar-refractivity contribution in [1.29, 1.82) is 5.26 Å². The summed E-state index contributed by atoms with van der Waals surface area (Å²) in [6.45, 7) is 0.564. The Morgan fingerprint density at radius 2 is 1.94 bits per heavy atom. The SMILES string of the molecule is COc1cccc(C(=O)N/N=C/c2cn(Cc3ccccc3C#N)c3ccccc23)c1. The summed E-state index contributed by atoms with van der Waals surface area (Å²) in [5.41, 5.74) is 6.52. The Bertz CT molecular complexity index is 1310. The van der Waals surface area contributed by atoms with Crippen molar-refractivity contribution in [2.24, 2.45) is 5.10 Å². The molecule has 0 aliphatic rings. The van der Waals surface area contributed by atoms with Crippen molar-refractivity contribution in [2.45, 2.75) is 6.54 Å². The molecule has 0 spiro atoms. The van der Waals surface area contributed by atoms with Gasteiger partial charge < -0.3 is 9.30 Å². The maximum Gasteiger partial charge on any atom is 0.271 e. The Hall–Kier alpha value is -4.37. The second-order valence-corrected chi connectivity index (χ2v) is 6.93. The number of aromatic nitrogens is 1. The van der Waals surface area contributed by atoms with E-state index in [1.54, 1.807) is 37.6 Å². The third-order valence-corrected chi connectivity index (χ3v) is 5.00. The molecule has 4 aromatic rings. The number of carbonyl (C=O) groups is 1. The highest BCUT2D eigenvalue weighted by Crippen LogP contribution is 2.22. The molecule has 0 bridgehead atoms. The van der Waals surface area contributed by atoms with Gasteiger partial charge in [0, 0.05) is 34.8 Å². The molecule has 0 aliphatic carbocycles. The number of fused-ring (bicyclic) bond motifs is 1. The van der Waals surface area contributed by atoms with E-state index < -0.39 is 0 Å². The quantitative estimate of drug-likeness (QED) is 0.381. The molecule has 1 heterocycles. The van der Waals surface area contributed by atoms with Crippen LogP contribution >= 0.6 is 0 Å². The molecule has 0 saturated heterocycles. The van der Waals surface area contributed by atoms with E-state index in [1.165, 1.54) is 0 Å². The summed E-state index contributed by atoms with van der Waals surface area (Å²) in [7, 11) is 1.56. The van der Waals surface area contributed by atoms with Crippen LogP contribution in [0.25, 0.3) is 10.9 Å². The number of hydrogen-bond acceptors (Lipinski definition) is 4. The van der Waals surface area contributed by atoms with Gasteiger partial charge in [-0.25, -0.2) is 5.43 Å². The minimum absolute atomic E-state index is 0.318. The molecule has 152 valence electrons. The van der Waals surface area contributed by atoms with Crippen LogP contribution in [0.15, 0.2) is 84.1 Å². The number of nitrogens with zero attached hydrogens (tertiary/aromatic N) is 3. The smallest absolute Gasteiger partial charge is 0.271 e. The Kier molecular flexibility index (Phi) is 5.77. The first-order valence-electron chi connectivity index (χ1n) is 9.73. The predicted octanol–water partition coefficient (Wildman–Crippen LogP) is 4.33. The number of amides is 1. The van der Waals surface area contributed by atoms with Crippen molar-refractivity contribution < 1.29 is 9.53 Å². The largest absolute Gasteiger partial charge is 0.497 e. The van der Waals surface area contributed by atoms with Crippen LogP contribution in [-0.4, -0.2) is 23.8 Å². The maximum atomic E-state index is 12.4. The zero-order valence-corrected chi connectivity index (χ0v) is 16.9. The Morgan fingerprint density at radius 3 is 2.77 bits per heavy atom. The summed E-state index contributed by atoms with van der Waals surface area (Å²) in [5, 5.41) is 14.5. The first-order chi connectivity index (χ1) is 15.2. The monoisotopic (exact) mass is 408 g/mol. The first kappa shape index (κ1) is 19.9. The maximum absolute atomic E-state index is 12.4. The highest BCUT2D eigenvalue weighted by molar-refractivity contribution is 6.00. The molecule has 0 aliphatic heterocycles. The van der Waals surface area contributed by atoms with Gasteiger partial charge in [0.15, 0.2) is 0 Å². The number of hydrogen-bond donors (Lipinski definition) is 1. The van der Waals surface area contributed by atoms with Gasteiger partial charge in [-0.05, 0) is 35.9 Å². The summed E-state index contributed by atoms with van der Waals surface area (Å²) in [6, 6.07) is 24.7. The van der Waals surface area contributed by atoms with Gasteiger partial charge in [-0.1, -0.05) is 42.5 Å². The van der Waals surface area contributed by atoms with Crippen LogP contribution in [0.1, 0.15) is 27.0 Å². The van der Waals surface area contributed by atoms with Gasteiger partial charge >= 0.3 is 0 Å². The average molecular weight is 408 g/mol. The van der Waals surface area contributed by atoms with Crippen LogP contribution in [0.5, 0.6) is 5.75 Å². The van der Waals surface area contributed by atoms with E-state index >= 15 is 0 Å². The molecule has 6 heteroatoms. The lowest BCUT2D eigenvalue weighted by Crippen LogP contribution is -2.17. The summed E-state index contributed by atoms with van der Waals surface area (Å²) < 4.78 is 7.23. The van der Waals surface area contributed by atoms with Gasteiger partial charge in [0.05, 0.1) is 25.0 Å². The van der Waals surface area contributed by atoms with E-state index in [0.29, 0.717) is 23.4 Å². The minimum atomic E-state index is -0.318. The fourth-order valence-corrected chi connectivity index (χ4v) is 3.45. The third-order valence-electron chi connectivity index (χ3n) is 5.00. The van der Waals surface area contributed by atoms with Crippen LogP contribution in [0.3, 0.4) is 0 Å². The minimum Gasteiger partial charge on any atom is -0.497 e. The highest BCUT2D eigenvalue weighted by atomic mass is 16.5. The van der Waals surface area contributed by atoms with Gasteiger partial charge in [0.2, 0.25) is 0 Å². The molecule has 0 radical (unpaired) electrons. The normalized spacial score (nSPS) is 10.8. The molecule has 3 aromatic carbocycles. The Labute approximate surface area is 180 Å². The van der Waals surface area contributed by atoms with Crippen molar-refractivity contribution in [1.82, 2.24) is 9.99 Å². The van der Waals surface area contributed by atoms with Crippen LogP contribution in [0, 0.1) is 11.3 Å². The number of nitrogens with one attached hydrogen (secondary N) is 1. The standard InChI is InChI=1S/C25H20N4O2/c1-31-22-10-6-9-18(13-22)25(30)28-27-15-21-17-29(24-12-5-4-11-23(21)24)16-20-8-3-2-7-19(20)14-26/h2-13,15,17H,16H2,1H3,(H,28,30)/b27-15+. The van der Waals surface area contributed by atoms with Gasteiger partial charge in [-0.15, -0.1) is 0 Å². The number of carbonyl (C=O) groups excluding carboxylic acids is 1. The van der Waals surface area contributed by atoms with Crippen LogP contribution in [0.4, 0.5) is 0 Å². The number of rotatable bonds is 6. The molecule has 1 aromatic heterocycles. The van der Waals surface area contributed by atoms with E-state index in [-0.39, 0.29) is 5.91 Å². The number of benzene rings is 3. The summed E-state index contributed by atoms with van der Waals surface area (Å²) >= 11 is 0. The van der Waals surface area contributed by atoms with Crippen molar-refractivity contribution >= 4 is 23.0 Å². The van der Waals surface area contributed by atoms with E-state index in [1.807, 2.05) is 54.7 Å². The summed E-state index contributed by atoms with van der Waals surface area (Å²) in [5.74, 6) is 0.291. The predicted molar refractivity (Wildman–Crippen MR) is 120 cm³/mol. The molecule has 1 amide bonds. The Balaban J connectivity index is 1.58. The van der Waals surface area contributed by atoms with E-state index in [0.717, 1.165) is 22.0 Å². The summed E-state index contributed by atoms with van der Waals surface area (Å²) in [4.78, 5) is 12.4. The van der Waals surface area contributed by atoms with Gasteiger partial charge in [0.25, 0.3) is 5.91 Å². The fraction of sp³-hybridized carbons (Fsp3) is 0.0800. The van der Waals surface area contributed by atoms with E-state index in [4.69, 9.17) is 4.74 Å². The molecule has 0 unspecified atom stereocenters. The zero-order valence-electron chi connectivity index (χ0n) is 16.9. The van der Waals surface area contributed by atoms with Crippen LogP contribution in [-0.2, 0) is 6.54 Å². The number of nitriles is 1. The van der Waals surface area contributed by atoms with Gasteiger partial charge in [-0.2, -0.15) is 10.4 Å². The fourth-order valence-electron chi connectivity index (χ4n) is 3.45. The molecule has 1 N–H and O–H groups in total. The number of hydrazone groups is 1. The molecule has 0 saturated carbocycles. The lowest BCUT2D eigenvalue weighted by atomic mass is 10.1. The third kappa shape index (κ3) is 4.31. The number of ether oxygens (including phenoxy) is 1. The second-order valence-electron chi connectivity index (χ2n) is 6.93. The highest BCUT2D eigenvalue weighted by Gasteiger charge is 2.10. The molecule has 4 rings (SSSR count). The molecular weight excluding hydrogens is 388 g/mol. The van der Waals surface area contributed by atoms with Gasteiger partial charge in [-0.3, -0.25) is 4.79 Å². The van der Waals surface area contributed by atoms with Crippen molar-refractivity contribution in [3.8, 4) is 11.8 Å². The van der Waals surface area contributed by atoms with Crippen molar-refractivity contribution in [3.05, 3.63) is 101 Å². The van der Waals surface area contributed by atoms with Crippen LogP contribution in [0.2, 0.25) is 0 Å². The zero-order chi connectivity index (χ0) is 21.6. The van der Waals surface area contributed by atoms with E-state index in [9.17, 15) is 10.1 Å². The number of para-hydroxylation sites is 1. The molecule has 0 atom stereocenters. The van der Waals surface area contributed by atoms with Crippen molar-refractivity contribution in [2.75, 3.05) is 7.11 Å².